The molecule has 5 rings (SSSR count). The Morgan fingerprint density at radius 1 is 1.24 bits per heavy atom. The van der Waals surface area contributed by atoms with Crippen LogP contribution in [0, 0.1) is 40.9 Å². The third-order valence-electron chi connectivity index (χ3n) is 7.72. The summed E-state index contributed by atoms with van der Waals surface area (Å²) >= 11 is 0. The third kappa shape index (κ3) is 5.24. The summed E-state index contributed by atoms with van der Waals surface area (Å²) in [6.45, 7) is 8.54. The molecule has 0 bridgehead atoms. The second-order valence-electron chi connectivity index (χ2n) is 11.9. The van der Waals surface area contributed by atoms with Crippen molar-refractivity contribution in [1.29, 1.82) is 10.5 Å². The fourth-order valence-corrected chi connectivity index (χ4v) is 5.26. The smallest absolute Gasteiger partial charge is 0.244 e. The monoisotopic (exact) mass is 568 g/mol. The van der Waals surface area contributed by atoms with Crippen LogP contribution in [0.15, 0.2) is 42.4 Å². The van der Waals surface area contributed by atoms with Crippen LogP contribution < -0.4 is 27.3 Å². The van der Waals surface area contributed by atoms with Gasteiger partial charge in [0.1, 0.15) is 17.7 Å². The van der Waals surface area contributed by atoms with E-state index in [1.165, 1.54) is 12.3 Å². The van der Waals surface area contributed by atoms with E-state index in [9.17, 15) is 19.7 Å². The number of nitrogens with zero attached hydrogens (tertiary/aromatic N) is 5. The summed E-state index contributed by atoms with van der Waals surface area (Å²) in [6, 6.07) is 10.3. The van der Waals surface area contributed by atoms with Gasteiger partial charge in [-0.1, -0.05) is 26.8 Å². The van der Waals surface area contributed by atoms with Crippen molar-refractivity contribution in [2.75, 3.05) is 17.2 Å². The van der Waals surface area contributed by atoms with Gasteiger partial charge in [-0.2, -0.15) is 14.9 Å². The Labute approximate surface area is 243 Å². The van der Waals surface area contributed by atoms with Crippen LogP contribution in [0.25, 0.3) is 10.9 Å². The number of aromatic nitrogens is 2. The maximum absolute atomic E-state index is 14.0. The van der Waals surface area contributed by atoms with E-state index in [1.54, 1.807) is 30.3 Å². The maximum Gasteiger partial charge on any atom is 0.244 e. The van der Waals surface area contributed by atoms with E-state index in [-0.39, 0.29) is 5.41 Å². The van der Waals surface area contributed by atoms with E-state index >= 15 is 0 Å². The van der Waals surface area contributed by atoms with Gasteiger partial charge in [0.15, 0.2) is 0 Å². The number of fused-ring (bicyclic) bond motifs is 1. The zero-order valence-corrected chi connectivity index (χ0v) is 24.0. The number of halogens is 1. The molecule has 216 valence electrons. The molecule has 12 heteroatoms. The number of amides is 1. The van der Waals surface area contributed by atoms with Gasteiger partial charge >= 0.3 is 0 Å². The molecule has 1 saturated carbocycles. The summed E-state index contributed by atoms with van der Waals surface area (Å²) in [5, 5.41) is 29.1. The Balaban J connectivity index is 1.61. The minimum Gasteiger partial charge on any atom is -0.383 e. The first-order valence-electron chi connectivity index (χ1n) is 13.7. The molecule has 1 atom stereocenters. The number of rotatable bonds is 8. The van der Waals surface area contributed by atoms with Crippen molar-refractivity contribution in [3.63, 3.8) is 0 Å². The molecule has 3 aromatic rings. The molecule has 0 radical (unpaired) electrons. The lowest BCUT2D eigenvalue weighted by Crippen LogP contribution is -2.63. The number of carbonyl (C=O) groups excluding carboxylic acids is 1. The fourth-order valence-electron chi connectivity index (χ4n) is 5.26. The molecular formula is C30H33FN10O. The molecule has 6 N–H and O–H groups in total. The van der Waals surface area contributed by atoms with Crippen molar-refractivity contribution < 1.29 is 9.18 Å². The number of primary amides is 1. The van der Waals surface area contributed by atoms with Crippen LogP contribution >= 0.6 is 0 Å². The number of aryl methyl sites for hydroxylation is 1. The molecule has 3 heterocycles. The van der Waals surface area contributed by atoms with Crippen molar-refractivity contribution in [3.8, 4) is 12.1 Å². The fraction of sp³-hybridized carbons (Fsp3) is 0.367. The van der Waals surface area contributed by atoms with Crippen LogP contribution in [0.3, 0.4) is 0 Å². The molecule has 11 nitrogen and oxygen atoms in total. The first kappa shape index (κ1) is 28.6. The number of hydrazine groups is 2. The number of anilines is 2. The average molecular weight is 569 g/mol. The van der Waals surface area contributed by atoms with Crippen LogP contribution in [0.2, 0.25) is 0 Å². The van der Waals surface area contributed by atoms with Crippen LogP contribution in [0.5, 0.6) is 0 Å². The molecule has 2 aliphatic rings. The van der Waals surface area contributed by atoms with Crippen molar-refractivity contribution in [2.45, 2.75) is 58.5 Å². The molecule has 0 unspecified atom stereocenters. The molecule has 42 heavy (non-hydrogen) atoms. The molecular weight excluding hydrogens is 535 g/mol. The highest BCUT2D eigenvalue weighted by Gasteiger charge is 2.49. The van der Waals surface area contributed by atoms with Crippen LogP contribution in [0.1, 0.15) is 68.5 Å². The third-order valence-corrected chi connectivity index (χ3v) is 7.72. The van der Waals surface area contributed by atoms with Crippen molar-refractivity contribution in [3.05, 3.63) is 70.7 Å². The summed E-state index contributed by atoms with van der Waals surface area (Å²) in [6.07, 6.45) is 5.36. The number of hydrogen-bond donors (Lipinski definition) is 5. The van der Waals surface area contributed by atoms with Crippen LogP contribution in [-0.2, 0) is 4.79 Å². The Hall–Kier alpha value is -4.94. The number of nitriles is 2. The van der Waals surface area contributed by atoms with Crippen molar-refractivity contribution >= 4 is 28.2 Å². The summed E-state index contributed by atoms with van der Waals surface area (Å²) < 4.78 is 14.0. The number of nitrogens with one attached hydrogen (secondary N) is 4. The molecule has 1 aliphatic heterocycles. The lowest BCUT2D eigenvalue weighted by Gasteiger charge is -2.44. The molecule has 1 amide bonds. The number of pyridine rings is 2. The van der Waals surface area contributed by atoms with E-state index < -0.39 is 23.4 Å². The van der Waals surface area contributed by atoms with Gasteiger partial charge in [-0.05, 0) is 49.8 Å². The van der Waals surface area contributed by atoms with Gasteiger partial charge in [-0.25, -0.2) is 4.98 Å². The SMILES string of the molecule is Cc1nc(F)ccc1[C@H](Nc1cc(C#N)c2ncc(C#N)c(NCC(C)(C)C)c2c1)C1=CN(C2(C(N)=O)CCC2)NN1. The number of benzene rings is 1. The Bertz CT molecular complexity index is 1680. The molecule has 1 fully saturated rings. The van der Waals surface area contributed by atoms with E-state index in [4.69, 9.17) is 5.73 Å². The molecule has 1 aliphatic carbocycles. The predicted molar refractivity (Wildman–Crippen MR) is 156 cm³/mol. The van der Waals surface area contributed by atoms with Gasteiger partial charge in [-0.15, -0.1) is 5.53 Å². The number of nitrogens with two attached hydrogens (primary N) is 1. The maximum atomic E-state index is 14.0. The number of carbonyl (C=O) groups is 1. The second-order valence-corrected chi connectivity index (χ2v) is 11.9. The minimum absolute atomic E-state index is 0.0728. The molecule has 1 aromatic carbocycles. The largest absolute Gasteiger partial charge is 0.383 e. The highest BCUT2D eigenvalue weighted by molar-refractivity contribution is 5.99. The standard InChI is InChI=1S/C30H33FN10O/c1-17-21(6-7-24(31)37-17)27(23-15-41(40-39-23)30(28(34)42)8-5-9-30)38-20-10-18(12-32)25-22(11-20)26(19(13-33)14-35-25)36-16-29(2,3)4/h6-7,10-11,14-15,27,38-40H,5,8-9,16H2,1-4H3,(H2,34,42)(H,35,36)/t27-/m0/s1. The predicted octanol–water partition coefficient (Wildman–Crippen LogP) is 4.01. The van der Waals surface area contributed by atoms with E-state index in [0.29, 0.717) is 69.7 Å². The van der Waals surface area contributed by atoms with Crippen molar-refractivity contribution in [1.82, 2.24) is 25.9 Å². The van der Waals surface area contributed by atoms with Crippen molar-refractivity contribution in [2.24, 2.45) is 11.1 Å². The quantitative estimate of drug-likeness (QED) is 0.250. The van der Waals surface area contributed by atoms with E-state index in [2.05, 4.69) is 64.5 Å². The first-order valence-corrected chi connectivity index (χ1v) is 13.7. The van der Waals surface area contributed by atoms with Gasteiger partial charge in [0, 0.05) is 41.3 Å². The summed E-state index contributed by atoms with van der Waals surface area (Å²) in [7, 11) is 0. The van der Waals surface area contributed by atoms with Gasteiger partial charge < -0.3 is 21.8 Å². The van der Waals surface area contributed by atoms with Gasteiger partial charge in [0.05, 0.1) is 34.1 Å². The molecule has 2 aromatic heterocycles. The minimum atomic E-state index is -0.848. The van der Waals surface area contributed by atoms with E-state index in [0.717, 1.165) is 6.42 Å². The van der Waals surface area contributed by atoms with Gasteiger partial charge in [-0.3, -0.25) is 14.8 Å². The second kappa shape index (κ2) is 10.8. The highest BCUT2D eigenvalue weighted by atomic mass is 19.1. The first-order chi connectivity index (χ1) is 20.0. The Kier molecular flexibility index (Phi) is 7.35. The van der Waals surface area contributed by atoms with E-state index in [1.807, 2.05) is 6.07 Å². The van der Waals surface area contributed by atoms with Gasteiger partial charge in [0.25, 0.3) is 0 Å². The van der Waals surface area contributed by atoms with Crippen LogP contribution in [-0.4, -0.2) is 33.0 Å². The summed E-state index contributed by atoms with van der Waals surface area (Å²) in [4.78, 5) is 20.8. The average Bonchev–Trinajstić information content (AvgIpc) is 3.38. The zero-order chi connectivity index (χ0) is 30.2. The van der Waals surface area contributed by atoms with Crippen LogP contribution in [0.4, 0.5) is 15.8 Å². The zero-order valence-electron chi connectivity index (χ0n) is 24.0. The lowest BCUT2D eigenvalue weighted by molar-refractivity contribution is -0.136. The Morgan fingerprint density at radius 2 is 1.98 bits per heavy atom. The highest BCUT2D eigenvalue weighted by Crippen LogP contribution is 2.40. The molecule has 0 spiro atoms. The topological polar surface area (TPSA) is 168 Å². The summed E-state index contributed by atoms with van der Waals surface area (Å²) in [5.74, 6) is -1.03. The summed E-state index contributed by atoms with van der Waals surface area (Å²) in [5.41, 5.74) is 15.1. The number of hydrogen-bond acceptors (Lipinski definition) is 10. The normalized spacial score (nSPS) is 16.5. The lowest BCUT2D eigenvalue weighted by atomic mass is 9.75. The Morgan fingerprint density at radius 3 is 2.57 bits per heavy atom. The van der Waals surface area contributed by atoms with Gasteiger partial charge in [0.2, 0.25) is 11.9 Å². The molecule has 0 saturated heterocycles.